The van der Waals surface area contributed by atoms with Crippen molar-refractivity contribution in [1.82, 2.24) is 20.4 Å². The molecule has 0 unspecified atom stereocenters. The Morgan fingerprint density at radius 2 is 1.88 bits per heavy atom. The molecule has 0 aliphatic rings. The number of nitrogen functional groups attached to an aromatic ring is 1. The van der Waals surface area contributed by atoms with Crippen molar-refractivity contribution in [3.63, 3.8) is 0 Å². The lowest BCUT2D eigenvalue weighted by Gasteiger charge is -2.04. The number of benzene rings is 2. The third-order valence-electron chi connectivity index (χ3n) is 4.99. The summed E-state index contributed by atoms with van der Waals surface area (Å²) >= 11 is 0. The second-order valence-electron chi connectivity index (χ2n) is 7.43. The third kappa shape index (κ3) is 4.77. The lowest BCUT2D eigenvalue weighted by Crippen LogP contribution is -2.24. The number of carbonyl (C=O) groups is 2. The molecule has 9 heteroatoms. The fourth-order valence-electron chi connectivity index (χ4n) is 3.27. The monoisotopic (exact) mass is 432 g/mol. The number of fused-ring (bicyclic) bond motifs is 1. The van der Waals surface area contributed by atoms with E-state index in [1.165, 1.54) is 6.07 Å². The Kier molecular flexibility index (Phi) is 6.16. The van der Waals surface area contributed by atoms with E-state index in [1.807, 2.05) is 18.2 Å². The van der Waals surface area contributed by atoms with Crippen LogP contribution in [0.2, 0.25) is 0 Å². The number of hydrogen-bond acceptors (Lipinski definition) is 6. The van der Waals surface area contributed by atoms with Crippen LogP contribution in [0.15, 0.2) is 53.1 Å². The largest absolute Gasteiger partial charge is 0.368 e. The van der Waals surface area contributed by atoms with Gasteiger partial charge >= 0.3 is 0 Å². The second kappa shape index (κ2) is 9.34. The summed E-state index contributed by atoms with van der Waals surface area (Å²) in [7, 11) is 0. The van der Waals surface area contributed by atoms with Gasteiger partial charge in [0.25, 0.3) is 11.8 Å². The fraction of sp³-hybridized carbons (Fsp3) is 0.217. The summed E-state index contributed by atoms with van der Waals surface area (Å²) in [5, 5.41) is 9.26. The molecular weight excluding hydrogens is 408 g/mol. The van der Waals surface area contributed by atoms with Crippen LogP contribution in [0.4, 0.5) is 11.6 Å². The molecule has 2 amide bonds. The highest BCUT2D eigenvalue weighted by Crippen LogP contribution is 2.23. The van der Waals surface area contributed by atoms with Gasteiger partial charge in [-0.1, -0.05) is 24.9 Å². The van der Waals surface area contributed by atoms with Crippen molar-refractivity contribution in [3.8, 4) is 11.4 Å². The molecule has 0 saturated heterocycles. The normalized spacial score (nSPS) is 10.9. The number of carbonyl (C=O) groups excluding carboxylic acids is 2. The van der Waals surface area contributed by atoms with Crippen LogP contribution in [0.25, 0.3) is 22.4 Å². The van der Waals surface area contributed by atoms with Crippen molar-refractivity contribution < 1.29 is 14.1 Å². The van der Waals surface area contributed by atoms with Gasteiger partial charge in [-0.2, -0.15) is 0 Å². The van der Waals surface area contributed by atoms with Crippen LogP contribution in [-0.2, 0) is 0 Å². The Bertz CT molecular complexity index is 1240. The SMILES string of the molecule is CCCCCNC(=O)c1ccc2[nH]c(-c3ccc(NC(=O)c4cc(N)on4)cc3)nc2c1. The van der Waals surface area contributed by atoms with Gasteiger partial charge in [-0.25, -0.2) is 4.98 Å². The molecule has 2 aromatic heterocycles. The molecule has 5 N–H and O–H groups in total. The quantitative estimate of drug-likeness (QED) is 0.311. The van der Waals surface area contributed by atoms with Crippen LogP contribution in [0.1, 0.15) is 47.0 Å². The van der Waals surface area contributed by atoms with Crippen molar-refractivity contribution >= 4 is 34.4 Å². The number of nitrogens with one attached hydrogen (secondary N) is 3. The highest BCUT2D eigenvalue weighted by molar-refractivity contribution is 6.03. The minimum absolute atomic E-state index is 0.0764. The molecule has 32 heavy (non-hydrogen) atoms. The number of aromatic amines is 1. The summed E-state index contributed by atoms with van der Waals surface area (Å²) < 4.78 is 4.71. The van der Waals surface area contributed by atoms with Gasteiger partial charge in [0.2, 0.25) is 5.88 Å². The van der Waals surface area contributed by atoms with E-state index in [4.69, 9.17) is 10.3 Å². The number of hydrogen-bond donors (Lipinski definition) is 4. The highest BCUT2D eigenvalue weighted by Gasteiger charge is 2.13. The molecule has 0 saturated carbocycles. The predicted octanol–water partition coefficient (Wildman–Crippen LogP) is 3.97. The Balaban J connectivity index is 1.45. The number of rotatable bonds is 8. The minimum Gasteiger partial charge on any atom is -0.368 e. The number of nitrogens with zero attached hydrogens (tertiary/aromatic N) is 2. The minimum atomic E-state index is -0.414. The highest BCUT2D eigenvalue weighted by atomic mass is 16.5. The lowest BCUT2D eigenvalue weighted by molar-refractivity contribution is 0.0952. The van der Waals surface area contributed by atoms with Crippen molar-refractivity contribution in [3.05, 3.63) is 59.8 Å². The summed E-state index contributed by atoms with van der Waals surface area (Å²) in [4.78, 5) is 32.4. The molecule has 2 heterocycles. The predicted molar refractivity (Wildman–Crippen MR) is 122 cm³/mol. The summed E-state index contributed by atoms with van der Waals surface area (Å²) in [6.07, 6.45) is 3.18. The zero-order chi connectivity index (χ0) is 22.5. The first-order valence-corrected chi connectivity index (χ1v) is 10.5. The molecule has 9 nitrogen and oxygen atoms in total. The number of anilines is 2. The molecule has 0 atom stereocenters. The first-order valence-electron chi connectivity index (χ1n) is 10.5. The molecule has 0 radical (unpaired) electrons. The Hall–Kier alpha value is -4.14. The number of aromatic nitrogens is 3. The Morgan fingerprint density at radius 3 is 2.59 bits per heavy atom. The molecule has 0 fully saturated rings. The average Bonchev–Trinajstić information content (AvgIpc) is 3.43. The maximum absolute atomic E-state index is 12.4. The van der Waals surface area contributed by atoms with E-state index in [-0.39, 0.29) is 17.5 Å². The molecule has 2 aromatic carbocycles. The number of unbranched alkanes of at least 4 members (excludes halogenated alkanes) is 2. The smallest absolute Gasteiger partial charge is 0.277 e. The summed E-state index contributed by atoms with van der Waals surface area (Å²) in [5.74, 6) is 0.235. The average molecular weight is 432 g/mol. The standard InChI is InChI=1S/C23H24N6O3/c1-2-3-4-11-25-22(30)15-7-10-17-18(12-15)28-21(27-17)14-5-8-16(9-6-14)26-23(31)19-13-20(24)32-29-19/h5-10,12-13H,2-4,11,24H2,1H3,(H,25,30)(H,26,31)(H,27,28). The Labute approximate surface area is 184 Å². The van der Waals surface area contributed by atoms with E-state index >= 15 is 0 Å². The van der Waals surface area contributed by atoms with E-state index in [0.29, 0.717) is 29.1 Å². The molecule has 4 rings (SSSR count). The zero-order valence-corrected chi connectivity index (χ0v) is 17.6. The van der Waals surface area contributed by atoms with Gasteiger partial charge in [0.15, 0.2) is 5.69 Å². The van der Waals surface area contributed by atoms with E-state index in [0.717, 1.165) is 30.3 Å². The van der Waals surface area contributed by atoms with E-state index < -0.39 is 5.91 Å². The molecule has 4 aromatic rings. The van der Waals surface area contributed by atoms with Crippen LogP contribution >= 0.6 is 0 Å². The van der Waals surface area contributed by atoms with E-state index in [2.05, 4.69) is 32.7 Å². The number of imidazole rings is 1. The van der Waals surface area contributed by atoms with Crippen molar-refractivity contribution in [2.24, 2.45) is 0 Å². The van der Waals surface area contributed by atoms with Gasteiger partial charge in [0, 0.05) is 29.4 Å². The summed E-state index contributed by atoms with van der Waals surface area (Å²) in [6, 6.07) is 14.0. The van der Waals surface area contributed by atoms with Crippen LogP contribution in [0, 0.1) is 0 Å². The van der Waals surface area contributed by atoms with Gasteiger partial charge in [-0.3, -0.25) is 9.59 Å². The van der Waals surface area contributed by atoms with Crippen LogP contribution in [0.5, 0.6) is 0 Å². The summed E-state index contributed by atoms with van der Waals surface area (Å²) in [5.41, 5.74) is 9.12. The first kappa shape index (κ1) is 21.1. The first-order chi connectivity index (χ1) is 15.5. The van der Waals surface area contributed by atoms with Crippen molar-refractivity contribution in [1.29, 1.82) is 0 Å². The fourth-order valence-corrected chi connectivity index (χ4v) is 3.27. The van der Waals surface area contributed by atoms with Crippen LogP contribution < -0.4 is 16.4 Å². The van der Waals surface area contributed by atoms with Crippen LogP contribution in [-0.4, -0.2) is 33.5 Å². The lowest BCUT2D eigenvalue weighted by atomic mass is 10.2. The number of amides is 2. The van der Waals surface area contributed by atoms with Gasteiger partial charge in [-0.15, -0.1) is 0 Å². The molecular formula is C23H24N6O3. The molecule has 164 valence electrons. The topological polar surface area (TPSA) is 139 Å². The Morgan fingerprint density at radius 1 is 1.06 bits per heavy atom. The van der Waals surface area contributed by atoms with E-state index in [1.54, 1.807) is 24.3 Å². The number of nitrogens with two attached hydrogens (primary N) is 1. The molecule has 0 spiro atoms. The van der Waals surface area contributed by atoms with Crippen molar-refractivity contribution in [2.45, 2.75) is 26.2 Å². The van der Waals surface area contributed by atoms with Gasteiger partial charge in [0.1, 0.15) is 5.82 Å². The molecule has 0 aliphatic heterocycles. The van der Waals surface area contributed by atoms with Gasteiger partial charge in [0.05, 0.1) is 11.0 Å². The second-order valence-corrected chi connectivity index (χ2v) is 7.43. The third-order valence-corrected chi connectivity index (χ3v) is 4.99. The molecule has 0 bridgehead atoms. The van der Waals surface area contributed by atoms with Crippen molar-refractivity contribution in [2.75, 3.05) is 17.6 Å². The maximum atomic E-state index is 12.4. The maximum Gasteiger partial charge on any atom is 0.277 e. The summed E-state index contributed by atoms with van der Waals surface area (Å²) in [6.45, 7) is 2.80. The zero-order valence-electron chi connectivity index (χ0n) is 17.6. The molecule has 0 aliphatic carbocycles. The van der Waals surface area contributed by atoms with E-state index in [9.17, 15) is 9.59 Å². The van der Waals surface area contributed by atoms with Crippen LogP contribution in [0.3, 0.4) is 0 Å². The van der Waals surface area contributed by atoms with Gasteiger partial charge in [-0.05, 0) is 48.9 Å². The van der Waals surface area contributed by atoms with Gasteiger partial charge < -0.3 is 25.9 Å². The number of H-pyrrole nitrogens is 1.